The van der Waals surface area contributed by atoms with Crippen LogP contribution >= 0.6 is 15.9 Å². The van der Waals surface area contributed by atoms with Crippen LogP contribution in [0.5, 0.6) is 0 Å². The Bertz CT molecular complexity index is 563. The van der Waals surface area contributed by atoms with Crippen LogP contribution < -0.4 is 5.32 Å². The zero-order valence-electron chi connectivity index (χ0n) is 9.88. The van der Waals surface area contributed by atoms with Crippen molar-refractivity contribution in [1.29, 1.82) is 0 Å². The molecule has 0 unspecified atom stereocenters. The van der Waals surface area contributed by atoms with E-state index in [1.54, 1.807) is 6.07 Å². The first-order valence-corrected chi connectivity index (χ1v) is 5.99. The minimum atomic E-state index is -0.288. The third-order valence-corrected chi connectivity index (χ3v) is 3.12. The number of nitrogens with one attached hydrogen (secondary N) is 1. The van der Waals surface area contributed by atoms with Gasteiger partial charge < -0.3 is 9.88 Å². The molecular weight excluding hydrogens is 285 g/mol. The lowest BCUT2D eigenvalue weighted by molar-refractivity contribution is 0.621. The lowest BCUT2D eigenvalue weighted by Gasteiger charge is -2.10. The van der Waals surface area contributed by atoms with Crippen molar-refractivity contribution in [2.75, 3.05) is 5.32 Å². The second-order valence-corrected chi connectivity index (χ2v) is 4.88. The molecule has 0 radical (unpaired) electrons. The van der Waals surface area contributed by atoms with E-state index < -0.39 is 0 Å². The van der Waals surface area contributed by atoms with Crippen LogP contribution in [0.3, 0.4) is 0 Å². The zero-order valence-corrected chi connectivity index (χ0v) is 11.5. The van der Waals surface area contributed by atoms with Gasteiger partial charge in [-0.2, -0.15) is 0 Å². The quantitative estimate of drug-likeness (QED) is 0.916. The van der Waals surface area contributed by atoms with Crippen molar-refractivity contribution >= 4 is 27.6 Å². The van der Waals surface area contributed by atoms with Crippen LogP contribution in [0.15, 0.2) is 22.8 Å². The van der Waals surface area contributed by atoms with Gasteiger partial charge in [0.05, 0.1) is 10.2 Å². The predicted molar refractivity (Wildman–Crippen MR) is 70.1 cm³/mol. The summed E-state index contributed by atoms with van der Waals surface area (Å²) in [6.45, 7) is 3.84. The second-order valence-electron chi connectivity index (χ2n) is 4.02. The molecule has 1 aromatic heterocycles. The second kappa shape index (κ2) is 4.49. The van der Waals surface area contributed by atoms with Crippen molar-refractivity contribution in [3.05, 3.63) is 39.9 Å². The van der Waals surface area contributed by atoms with E-state index in [1.165, 1.54) is 6.07 Å². The molecule has 2 aromatic rings. The Morgan fingerprint density at radius 2 is 2.06 bits per heavy atom. The lowest BCUT2D eigenvalue weighted by atomic mass is 10.2. The van der Waals surface area contributed by atoms with Crippen molar-refractivity contribution in [3.63, 3.8) is 0 Å². The van der Waals surface area contributed by atoms with Gasteiger partial charge in [-0.25, -0.2) is 9.37 Å². The molecule has 5 heteroatoms. The predicted octanol–water partition coefficient (Wildman–Crippen LogP) is 3.68. The SMILES string of the molecule is Cc1cn(C)c(Nc2cc(F)c(Br)cc2C)n1. The molecule has 3 nitrogen and oxygen atoms in total. The topological polar surface area (TPSA) is 29.9 Å². The molecule has 0 aliphatic carbocycles. The molecule has 2 rings (SSSR count). The molecule has 90 valence electrons. The summed E-state index contributed by atoms with van der Waals surface area (Å²) in [5.74, 6) is 0.413. The van der Waals surface area contributed by atoms with Crippen LogP contribution in [0.1, 0.15) is 11.3 Å². The van der Waals surface area contributed by atoms with E-state index in [2.05, 4.69) is 26.2 Å². The molecule has 0 amide bonds. The summed E-state index contributed by atoms with van der Waals surface area (Å²) in [4.78, 5) is 4.32. The van der Waals surface area contributed by atoms with Crippen LogP contribution in [0, 0.1) is 19.7 Å². The van der Waals surface area contributed by atoms with Gasteiger partial charge >= 0.3 is 0 Å². The maximum absolute atomic E-state index is 13.5. The molecule has 0 aliphatic heterocycles. The Morgan fingerprint density at radius 1 is 1.35 bits per heavy atom. The van der Waals surface area contributed by atoms with E-state index in [4.69, 9.17) is 0 Å². The van der Waals surface area contributed by atoms with Gasteiger partial charge in [0.1, 0.15) is 5.82 Å². The standard InChI is InChI=1S/C12H13BrFN3/c1-7-4-9(13)10(14)5-11(7)16-12-15-8(2)6-17(12)3/h4-6H,1-3H3,(H,15,16). The normalized spacial score (nSPS) is 10.6. The number of hydrogen-bond donors (Lipinski definition) is 1. The Morgan fingerprint density at radius 3 is 2.65 bits per heavy atom. The lowest BCUT2D eigenvalue weighted by Crippen LogP contribution is -2.00. The minimum Gasteiger partial charge on any atom is -0.325 e. The summed E-state index contributed by atoms with van der Waals surface area (Å²) >= 11 is 3.16. The summed E-state index contributed by atoms with van der Waals surface area (Å²) in [5.41, 5.74) is 2.60. The number of hydrogen-bond acceptors (Lipinski definition) is 2. The van der Waals surface area contributed by atoms with Gasteiger partial charge in [0.2, 0.25) is 5.95 Å². The van der Waals surface area contributed by atoms with Gasteiger partial charge in [-0.1, -0.05) is 0 Å². The molecule has 0 fully saturated rings. The first-order valence-electron chi connectivity index (χ1n) is 5.20. The third-order valence-electron chi connectivity index (χ3n) is 2.51. The highest BCUT2D eigenvalue weighted by atomic mass is 79.9. The van der Waals surface area contributed by atoms with Gasteiger partial charge in [0.25, 0.3) is 0 Å². The third kappa shape index (κ3) is 2.49. The smallest absolute Gasteiger partial charge is 0.207 e. The maximum atomic E-state index is 13.5. The van der Waals surface area contributed by atoms with Crippen LogP contribution in [-0.4, -0.2) is 9.55 Å². The Hall–Kier alpha value is -1.36. The molecule has 0 atom stereocenters. The number of rotatable bonds is 2. The average molecular weight is 298 g/mol. The number of benzene rings is 1. The number of halogens is 2. The van der Waals surface area contributed by atoms with Crippen molar-refractivity contribution in [3.8, 4) is 0 Å². The highest BCUT2D eigenvalue weighted by Gasteiger charge is 2.08. The fraction of sp³-hybridized carbons (Fsp3) is 0.250. The van der Waals surface area contributed by atoms with E-state index in [0.29, 0.717) is 10.4 Å². The molecular formula is C12H13BrFN3. The number of nitrogens with zero attached hydrogens (tertiary/aromatic N) is 2. The van der Waals surface area contributed by atoms with E-state index in [9.17, 15) is 4.39 Å². The van der Waals surface area contributed by atoms with Gasteiger partial charge in [-0.05, 0) is 47.5 Å². The molecule has 1 aromatic carbocycles. The fourth-order valence-electron chi connectivity index (χ4n) is 1.63. The molecule has 17 heavy (non-hydrogen) atoms. The molecule has 1 heterocycles. The average Bonchev–Trinajstić information content (AvgIpc) is 2.54. The van der Waals surface area contributed by atoms with E-state index in [0.717, 1.165) is 16.9 Å². The summed E-state index contributed by atoms with van der Waals surface area (Å²) in [5, 5.41) is 3.12. The zero-order chi connectivity index (χ0) is 12.6. The van der Waals surface area contributed by atoms with E-state index in [1.807, 2.05) is 31.7 Å². The molecule has 1 N–H and O–H groups in total. The highest BCUT2D eigenvalue weighted by Crippen LogP contribution is 2.26. The number of imidazole rings is 1. The van der Waals surface area contributed by atoms with Gasteiger partial charge in [0, 0.05) is 18.9 Å². The van der Waals surface area contributed by atoms with Gasteiger partial charge in [-0.15, -0.1) is 0 Å². The minimum absolute atomic E-state index is 0.288. The first-order chi connectivity index (χ1) is 7.97. The van der Waals surface area contributed by atoms with Gasteiger partial charge in [-0.3, -0.25) is 0 Å². The Labute approximate surface area is 108 Å². The maximum Gasteiger partial charge on any atom is 0.207 e. The number of anilines is 2. The summed E-state index contributed by atoms with van der Waals surface area (Å²) in [7, 11) is 1.90. The molecule has 0 aliphatic rings. The number of aryl methyl sites for hydroxylation is 3. The van der Waals surface area contributed by atoms with Crippen LogP contribution in [-0.2, 0) is 7.05 Å². The summed E-state index contributed by atoms with van der Waals surface area (Å²) < 4.78 is 15.8. The van der Waals surface area contributed by atoms with Crippen molar-refractivity contribution in [1.82, 2.24) is 9.55 Å². The molecule has 0 saturated carbocycles. The highest BCUT2D eigenvalue weighted by molar-refractivity contribution is 9.10. The molecule has 0 spiro atoms. The van der Waals surface area contributed by atoms with Gasteiger partial charge in [0.15, 0.2) is 0 Å². The monoisotopic (exact) mass is 297 g/mol. The van der Waals surface area contributed by atoms with Crippen molar-refractivity contribution < 1.29 is 4.39 Å². The molecule has 0 bridgehead atoms. The largest absolute Gasteiger partial charge is 0.325 e. The van der Waals surface area contributed by atoms with E-state index >= 15 is 0 Å². The first kappa shape index (κ1) is 12.1. The van der Waals surface area contributed by atoms with Crippen LogP contribution in [0.2, 0.25) is 0 Å². The fourth-order valence-corrected chi connectivity index (χ4v) is 2.09. The summed E-state index contributed by atoms with van der Waals surface area (Å²) in [6.07, 6.45) is 1.91. The van der Waals surface area contributed by atoms with Crippen molar-refractivity contribution in [2.24, 2.45) is 7.05 Å². The summed E-state index contributed by atoms with van der Waals surface area (Å²) in [6, 6.07) is 3.21. The Balaban J connectivity index is 2.36. The Kier molecular flexibility index (Phi) is 3.19. The van der Waals surface area contributed by atoms with Crippen LogP contribution in [0.4, 0.5) is 16.0 Å². The molecule has 0 saturated heterocycles. The van der Waals surface area contributed by atoms with E-state index in [-0.39, 0.29) is 5.82 Å². The number of aromatic nitrogens is 2. The van der Waals surface area contributed by atoms with Crippen molar-refractivity contribution in [2.45, 2.75) is 13.8 Å². The van der Waals surface area contributed by atoms with Crippen LogP contribution in [0.25, 0.3) is 0 Å².